The van der Waals surface area contributed by atoms with Gasteiger partial charge in [0, 0.05) is 37.4 Å². The number of amides is 1. The highest BCUT2D eigenvalue weighted by atomic mass is 35.5. The molecule has 144 valence electrons. The molecule has 1 fully saturated rings. The number of nitrogens with zero attached hydrogens (tertiary/aromatic N) is 3. The van der Waals surface area contributed by atoms with Gasteiger partial charge in [0.1, 0.15) is 5.82 Å². The Morgan fingerprint density at radius 3 is 2.52 bits per heavy atom. The molecule has 1 aromatic carbocycles. The van der Waals surface area contributed by atoms with E-state index in [2.05, 4.69) is 20.1 Å². The van der Waals surface area contributed by atoms with Crippen LogP contribution >= 0.6 is 34.8 Å². The van der Waals surface area contributed by atoms with E-state index in [1.807, 2.05) is 31.2 Å². The molecule has 1 saturated heterocycles. The van der Waals surface area contributed by atoms with Crippen LogP contribution in [0.25, 0.3) is 0 Å². The van der Waals surface area contributed by atoms with Gasteiger partial charge in [0.05, 0.1) is 22.6 Å². The minimum Gasteiger partial charge on any atom is -0.353 e. The molecule has 2 aromatic rings. The number of hydrogen-bond acceptors (Lipinski definition) is 4. The Morgan fingerprint density at radius 1 is 1.15 bits per heavy atom. The molecule has 1 atom stereocenters. The van der Waals surface area contributed by atoms with Gasteiger partial charge in [-0.25, -0.2) is 4.98 Å². The molecule has 3 rings (SSSR count). The van der Waals surface area contributed by atoms with E-state index in [1.54, 1.807) is 12.3 Å². The van der Waals surface area contributed by atoms with Gasteiger partial charge >= 0.3 is 0 Å². The fourth-order valence-corrected chi connectivity index (χ4v) is 3.95. The van der Waals surface area contributed by atoms with Gasteiger partial charge in [0.25, 0.3) is 0 Å². The zero-order valence-corrected chi connectivity index (χ0v) is 17.2. The van der Waals surface area contributed by atoms with E-state index in [0.717, 1.165) is 37.6 Å². The topological polar surface area (TPSA) is 48.5 Å². The van der Waals surface area contributed by atoms with Crippen molar-refractivity contribution in [1.29, 1.82) is 0 Å². The number of hydrogen-bond donors (Lipinski definition) is 1. The van der Waals surface area contributed by atoms with Crippen molar-refractivity contribution in [3.05, 3.63) is 57.2 Å². The quantitative estimate of drug-likeness (QED) is 0.782. The number of halogens is 3. The zero-order chi connectivity index (χ0) is 19.4. The molecule has 5 nitrogen and oxygen atoms in total. The maximum Gasteiger partial charge on any atom is 0.234 e. The first-order valence-electron chi connectivity index (χ1n) is 8.76. The summed E-state index contributed by atoms with van der Waals surface area (Å²) in [5, 5.41) is 4.74. The van der Waals surface area contributed by atoms with Crippen molar-refractivity contribution in [2.24, 2.45) is 0 Å². The molecule has 0 saturated carbocycles. The Bertz CT molecular complexity index is 809. The molecule has 0 aliphatic carbocycles. The maximum atomic E-state index is 12.4. The second-order valence-electron chi connectivity index (χ2n) is 6.53. The summed E-state index contributed by atoms with van der Waals surface area (Å²) in [6, 6.07) is 9.11. The van der Waals surface area contributed by atoms with Crippen LogP contribution in [-0.2, 0) is 4.79 Å². The van der Waals surface area contributed by atoms with Crippen molar-refractivity contribution in [3.63, 3.8) is 0 Å². The second kappa shape index (κ2) is 9.11. The average molecular weight is 428 g/mol. The lowest BCUT2D eigenvalue weighted by Gasteiger charge is -2.35. The molecule has 1 aliphatic rings. The van der Waals surface area contributed by atoms with Crippen LogP contribution in [0.4, 0.5) is 5.82 Å². The lowest BCUT2D eigenvalue weighted by Crippen LogP contribution is -2.50. The van der Waals surface area contributed by atoms with Crippen molar-refractivity contribution < 1.29 is 4.79 Å². The Labute approximate surface area is 174 Å². The molecular formula is C19H21Cl3N4O. The minimum atomic E-state index is -0.135. The first-order valence-corrected chi connectivity index (χ1v) is 9.89. The van der Waals surface area contributed by atoms with E-state index in [0.29, 0.717) is 21.6 Å². The third kappa shape index (κ3) is 5.26. The van der Waals surface area contributed by atoms with Gasteiger partial charge < -0.3 is 10.2 Å². The van der Waals surface area contributed by atoms with E-state index in [9.17, 15) is 4.79 Å². The van der Waals surface area contributed by atoms with Crippen LogP contribution in [0.2, 0.25) is 15.1 Å². The lowest BCUT2D eigenvalue weighted by atomic mass is 10.1. The monoisotopic (exact) mass is 426 g/mol. The number of carbonyl (C=O) groups excluding carboxylic acids is 1. The number of rotatable bonds is 5. The Balaban J connectivity index is 1.50. The van der Waals surface area contributed by atoms with Gasteiger partial charge in [-0.3, -0.25) is 9.69 Å². The van der Waals surface area contributed by atoms with Gasteiger partial charge in [0.2, 0.25) is 5.91 Å². The predicted octanol–water partition coefficient (Wildman–Crippen LogP) is 4.04. The number of aromatic nitrogens is 1. The molecule has 0 bridgehead atoms. The molecule has 27 heavy (non-hydrogen) atoms. The van der Waals surface area contributed by atoms with E-state index < -0.39 is 0 Å². The highest BCUT2D eigenvalue weighted by molar-refractivity contribution is 6.36. The summed E-state index contributed by atoms with van der Waals surface area (Å²) in [7, 11) is 0. The molecule has 1 aliphatic heterocycles. The van der Waals surface area contributed by atoms with E-state index >= 15 is 0 Å². The number of carbonyl (C=O) groups is 1. The average Bonchev–Trinajstić information content (AvgIpc) is 2.63. The van der Waals surface area contributed by atoms with E-state index in [-0.39, 0.29) is 11.9 Å². The summed E-state index contributed by atoms with van der Waals surface area (Å²) in [5.41, 5.74) is 0.917. The summed E-state index contributed by atoms with van der Waals surface area (Å²) < 4.78 is 0. The normalized spacial score (nSPS) is 16.2. The van der Waals surface area contributed by atoms with Crippen molar-refractivity contribution in [2.45, 2.75) is 13.0 Å². The third-order valence-corrected chi connectivity index (χ3v) is 5.41. The van der Waals surface area contributed by atoms with Crippen LogP contribution < -0.4 is 10.2 Å². The van der Waals surface area contributed by atoms with Crippen LogP contribution in [0, 0.1) is 0 Å². The standard InChI is InChI=1S/C19H21Cl3N4O/c1-13(15-4-2-3-5-16(15)21)24-18(27)12-25-6-8-26(9-7-25)19-17(22)10-14(20)11-23-19/h2-5,10-11,13H,6-9,12H2,1H3,(H,24,27). The van der Waals surface area contributed by atoms with Crippen LogP contribution in [0.3, 0.4) is 0 Å². The first-order chi connectivity index (χ1) is 12.9. The van der Waals surface area contributed by atoms with Gasteiger partial charge in [-0.15, -0.1) is 0 Å². The minimum absolute atomic E-state index is 0.0153. The van der Waals surface area contributed by atoms with Crippen LogP contribution in [0.15, 0.2) is 36.5 Å². The molecule has 1 N–H and O–H groups in total. The zero-order valence-electron chi connectivity index (χ0n) is 15.0. The summed E-state index contributed by atoms with van der Waals surface area (Å²) in [6.45, 7) is 5.31. The largest absolute Gasteiger partial charge is 0.353 e. The Kier molecular flexibility index (Phi) is 6.82. The van der Waals surface area contributed by atoms with Crippen molar-refractivity contribution in [2.75, 3.05) is 37.6 Å². The Hall–Kier alpha value is -1.53. The molecule has 0 spiro atoms. The summed E-state index contributed by atoms with van der Waals surface area (Å²) in [4.78, 5) is 20.9. The van der Waals surface area contributed by atoms with Crippen molar-refractivity contribution in [1.82, 2.24) is 15.2 Å². The van der Waals surface area contributed by atoms with E-state index in [1.165, 1.54) is 0 Å². The second-order valence-corrected chi connectivity index (χ2v) is 7.78. The lowest BCUT2D eigenvalue weighted by molar-refractivity contribution is -0.123. The number of nitrogens with one attached hydrogen (secondary N) is 1. The van der Waals surface area contributed by atoms with Crippen LogP contribution in [0.1, 0.15) is 18.5 Å². The highest BCUT2D eigenvalue weighted by Crippen LogP contribution is 2.27. The van der Waals surface area contributed by atoms with Gasteiger partial charge in [-0.1, -0.05) is 53.0 Å². The summed E-state index contributed by atoms with van der Waals surface area (Å²) in [6.07, 6.45) is 1.60. The SMILES string of the molecule is CC(NC(=O)CN1CCN(c2ncc(Cl)cc2Cl)CC1)c1ccccc1Cl. The number of anilines is 1. The van der Waals surface area contributed by atoms with Gasteiger partial charge in [-0.2, -0.15) is 0 Å². The third-order valence-electron chi connectivity index (χ3n) is 4.58. The van der Waals surface area contributed by atoms with Crippen LogP contribution in [-0.4, -0.2) is 48.5 Å². The first kappa shape index (κ1) is 20.2. The molecule has 1 aromatic heterocycles. The fraction of sp³-hybridized carbons (Fsp3) is 0.368. The molecule has 1 unspecified atom stereocenters. The summed E-state index contributed by atoms with van der Waals surface area (Å²) in [5.74, 6) is 0.719. The van der Waals surface area contributed by atoms with Crippen molar-refractivity contribution in [3.8, 4) is 0 Å². The molecule has 2 heterocycles. The number of pyridine rings is 1. The number of benzene rings is 1. The molecule has 1 amide bonds. The number of piperazine rings is 1. The van der Waals surface area contributed by atoms with Gasteiger partial charge in [0.15, 0.2) is 0 Å². The fourth-order valence-electron chi connectivity index (χ4n) is 3.15. The summed E-state index contributed by atoms with van der Waals surface area (Å²) >= 11 is 18.3. The highest BCUT2D eigenvalue weighted by Gasteiger charge is 2.22. The molecular weight excluding hydrogens is 407 g/mol. The van der Waals surface area contributed by atoms with Crippen LogP contribution in [0.5, 0.6) is 0 Å². The predicted molar refractivity (Wildman–Crippen MR) is 111 cm³/mol. The smallest absolute Gasteiger partial charge is 0.234 e. The van der Waals surface area contributed by atoms with Crippen molar-refractivity contribution >= 4 is 46.5 Å². The molecule has 0 radical (unpaired) electrons. The van der Waals surface area contributed by atoms with Gasteiger partial charge in [-0.05, 0) is 24.6 Å². The Morgan fingerprint density at radius 2 is 1.85 bits per heavy atom. The maximum absolute atomic E-state index is 12.4. The van der Waals surface area contributed by atoms with E-state index in [4.69, 9.17) is 34.8 Å². The molecule has 8 heteroatoms.